The molecule has 0 spiro atoms. The zero-order valence-corrected chi connectivity index (χ0v) is 20.4. The maximum absolute atomic E-state index is 14.0. The van der Waals surface area contributed by atoms with E-state index in [1.807, 2.05) is 54.8 Å². The minimum Gasteiger partial charge on any atom is -0.351 e. The summed E-state index contributed by atoms with van der Waals surface area (Å²) in [6.07, 6.45) is 2.00. The molecule has 5 rings (SSSR count). The molecule has 35 heavy (non-hydrogen) atoms. The van der Waals surface area contributed by atoms with E-state index >= 15 is 0 Å². The molecule has 0 aliphatic carbocycles. The van der Waals surface area contributed by atoms with E-state index in [9.17, 15) is 4.79 Å². The Hall–Kier alpha value is -3.65. The van der Waals surface area contributed by atoms with Gasteiger partial charge in [0, 0.05) is 31.7 Å². The largest absolute Gasteiger partial charge is 0.351 e. The van der Waals surface area contributed by atoms with Crippen molar-refractivity contribution in [3.8, 4) is 0 Å². The zero-order valence-electron chi connectivity index (χ0n) is 20.4. The first-order chi connectivity index (χ1) is 17.0. The summed E-state index contributed by atoms with van der Waals surface area (Å²) < 4.78 is 3.76. The minimum absolute atomic E-state index is 0.0652. The van der Waals surface area contributed by atoms with Gasteiger partial charge in [-0.1, -0.05) is 60.7 Å². The molecule has 4 aromatic rings. The zero-order chi connectivity index (χ0) is 24.4. The highest BCUT2D eigenvalue weighted by Gasteiger charge is 2.26. The van der Waals surface area contributed by atoms with Crippen LogP contribution in [0.3, 0.4) is 0 Å². The summed E-state index contributed by atoms with van der Waals surface area (Å²) in [6, 6.07) is 20.3. The van der Waals surface area contributed by atoms with Gasteiger partial charge >= 0.3 is 0 Å². The van der Waals surface area contributed by atoms with Crippen LogP contribution < -0.4 is 21.5 Å². The van der Waals surface area contributed by atoms with Crippen LogP contribution in [-0.4, -0.2) is 38.2 Å². The van der Waals surface area contributed by atoms with Crippen LogP contribution in [0.1, 0.15) is 43.9 Å². The van der Waals surface area contributed by atoms with Crippen molar-refractivity contribution in [1.29, 1.82) is 0 Å². The van der Waals surface area contributed by atoms with Gasteiger partial charge in [-0.15, -0.1) is 0 Å². The molecule has 3 N–H and O–H groups in total. The van der Waals surface area contributed by atoms with Gasteiger partial charge in [0.2, 0.25) is 11.9 Å². The number of aromatic nitrogens is 4. The predicted octanol–water partition coefficient (Wildman–Crippen LogP) is 3.76. The number of fused-ring (bicyclic) bond motifs is 1. The van der Waals surface area contributed by atoms with E-state index in [2.05, 4.69) is 34.5 Å². The summed E-state index contributed by atoms with van der Waals surface area (Å²) in [5, 5.41) is 3.38. The number of hydrogen-bond donors (Lipinski definition) is 2. The average molecular weight is 472 g/mol. The smallest absolute Gasteiger partial charge is 0.281 e. The standard InChI is InChI=1S/C27H33N7O/c1-19(2)34-25(35)23-24(30-26(34)29-16-20-10-5-3-6-11-20)31-27(32-15-9-14-22(28)18-32)33(23)17-21-12-7-4-8-13-21/h3-8,10-13,19,22H,9,14-18,28H2,1-2H3,(H,29,30). The summed E-state index contributed by atoms with van der Waals surface area (Å²) >= 11 is 0. The number of nitrogens with zero attached hydrogens (tertiary/aromatic N) is 5. The van der Waals surface area contributed by atoms with Crippen LogP contribution in [0.5, 0.6) is 0 Å². The first-order valence-electron chi connectivity index (χ1n) is 12.4. The van der Waals surface area contributed by atoms with Crippen molar-refractivity contribution < 1.29 is 0 Å². The van der Waals surface area contributed by atoms with E-state index in [1.54, 1.807) is 4.57 Å². The lowest BCUT2D eigenvalue weighted by Crippen LogP contribution is -2.44. The third-order valence-electron chi connectivity index (χ3n) is 6.52. The molecule has 2 aromatic carbocycles. The third kappa shape index (κ3) is 4.79. The first kappa shape index (κ1) is 23.1. The fourth-order valence-electron chi connectivity index (χ4n) is 4.81. The second-order valence-corrected chi connectivity index (χ2v) is 9.55. The van der Waals surface area contributed by atoms with E-state index < -0.39 is 0 Å². The second kappa shape index (κ2) is 9.92. The highest BCUT2D eigenvalue weighted by Crippen LogP contribution is 2.26. The molecule has 0 radical (unpaired) electrons. The van der Waals surface area contributed by atoms with E-state index in [1.165, 1.54) is 0 Å². The van der Waals surface area contributed by atoms with Gasteiger partial charge in [-0.3, -0.25) is 13.9 Å². The lowest BCUT2D eigenvalue weighted by Gasteiger charge is -2.31. The maximum Gasteiger partial charge on any atom is 0.281 e. The Kier molecular flexibility index (Phi) is 6.55. The minimum atomic E-state index is -0.0865. The van der Waals surface area contributed by atoms with Crippen LogP contribution in [0.15, 0.2) is 65.5 Å². The van der Waals surface area contributed by atoms with Crippen LogP contribution in [-0.2, 0) is 13.1 Å². The van der Waals surface area contributed by atoms with Crippen molar-refractivity contribution in [2.45, 2.75) is 51.9 Å². The van der Waals surface area contributed by atoms with Gasteiger partial charge in [0.05, 0.1) is 6.54 Å². The van der Waals surface area contributed by atoms with Gasteiger partial charge in [0.25, 0.3) is 5.56 Å². The quantitative estimate of drug-likeness (QED) is 0.426. The van der Waals surface area contributed by atoms with E-state index in [-0.39, 0.29) is 17.6 Å². The molecule has 0 amide bonds. The lowest BCUT2D eigenvalue weighted by atomic mass is 10.1. The van der Waals surface area contributed by atoms with Crippen molar-refractivity contribution in [1.82, 2.24) is 19.1 Å². The highest BCUT2D eigenvalue weighted by molar-refractivity contribution is 5.76. The molecule has 0 saturated carbocycles. The summed E-state index contributed by atoms with van der Waals surface area (Å²) in [4.78, 5) is 25.9. The number of piperidine rings is 1. The molecule has 1 unspecified atom stereocenters. The van der Waals surface area contributed by atoms with Gasteiger partial charge in [-0.2, -0.15) is 9.97 Å². The second-order valence-electron chi connectivity index (χ2n) is 9.55. The fraction of sp³-hybridized carbons (Fsp3) is 0.370. The van der Waals surface area contributed by atoms with E-state index in [0.717, 1.165) is 43.0 Å². The molecule has 1 aliphatic rings. The number of hydrogen-bond acceptors (Lipinski definition) is 6. The van der Waals surface area contributed by atoms with Crippen LogP contribution >= 0.6 is 0 Å². The number of nitrogens with one attached hydrogen (secondary N) is 1. The molecule has 1 fully saturated rings. The fourth-order valence-corrected chi connectivity index (χ4v) is 4.81. The molecule has 182 valence electrons. The van der Waals surface area contributed by atoms with Crippen LogP contribution in [0.4, 0.5) is 11.9 Å². The Balaban J connectivity index is 1.64. The van der Waals surface area contributed by atoms with Crippen LogP contribution in [0, 0.1) is 0 Å². The molecule has 1 atom stereocenters. The molecule has 3 heterocycles. The van der Waals surface area contributed by atoms with Gasteiger partial charge in [0.1, 0.15) is 0 Å². The topological polar surface area (TPSA) is 94.0 Å². The van der Waals surface area contributed by atoms with Crippen molar-refractivity contribution >= 4 is 23.1 Å². The first-order valence-corrected chi connectivity index (χ1v) is 12.4. The van der Waals surface area contributed by atoms with Crippen LogP contribution in [0.25, 0.3) is 11.2 Å². The molecular formula is C27H33N7O. The van der Waals surface area contributed by atoms with Crippen molar-refractivity contribution in [3.05, 3.63) is 82.1 Å². The summed E-state index contributed by atoms with van der Waals surface area (Å²) in [5.74, 6) is 1.30. The predicted molar refractivity (Wildman–Crippen MR) is 141 cm³/mol. The third-order valence-corrected chi connectivity index (χ3v) is 6.52. The summed E-state index contributed by atoms with van der Waals surface area (Å²) in [5.41, 5.74) is 9.44. The van der Waals surface area contributed by atoms with Crippen molar-refractivity contribution in [3.63, 3.8) is 0 Å². The molecule has 0 bridgehead atoms. The van der Waals surface area contributed by atoms with Gasteiger partial charge in [0.15, 0.2) is 11.2 Å². The van der Waals surface area contributed by atoms with Gasteiger partial charge in [-0.05, 0) is 37.8 Å². The number of imidazole rings is 1. The number of nitrogens with two attached hydrogens (primary N) is 1. The van der Waals surface area contributed by atoms with Crippen molar-refractivity contribution in [2.75, 3.05) is 23.3 Å². The Labute approximate surface area is 205 Å². The monoisotopic (exact) mass is 471 g/mol. The molecule has 8 nitrogen and oxygen atoms in total. The molecule has 1 aliphatic heterocycles. The van der Waals surface area contributed by atoms with E-state index in [4.69, 9.17) is 15.7 Å². The Morgan fingerprint density at radius 1 is 1.03 bits per heavy atom. The highest BCUT2D eigenvalue weighted by atomic mass is 16.1. The Morgan fingerprint density at radius 2 is 1.71 bits per heavy atom. The van der Waals surface area contributed by atoms with Crippen LogP contribution in [0.2, 0.25) is 0 Å². The summed E-state index contributed by atoms with van der Waals surface area (Å²) in [6.45, 7) is 6.71. The Bertz CT molecular complexity index is 1340. The lowest BCUT2D eigenvalue weighted by molar-refractivity contribution is 0.495. The van der Waals surface area contributed by atoms with Crippen molar-refractivity contribution in [2.24, 2.45) is 5.73 Å². The van der Waals surface area contributed by atoms with Gasteiger partial charge in [-0.25, -0.2) is 0 Å². The van der Waals surface area contributed by atoms with Gasteiger partial charge < -0.3 is 16.0 Å². The molecule has 1 saturated heterocycles. The Morgan fingerprint density at radius 3 is 2.37 bits per heavy atom. The van der Waals surface area contributed by atoms with E-state index in [0.29, 0.717) is 30.2 Å². The summed E-state index contributed by atoms with van der Waals surface area (Å²) in [7, 11) is 0. The molecular weight excluding hydrogens is 438 g/mol. The molecule has 8 heteroatoms. The normalized spacial score (nSPS) is 16.2. The number of rotatable bonds is 7. The number of benzene rings is 2. The number of anilines is 2. The molecule has 2 aromatic heterocycles. The average Bonchev–Trinajstić information content (AvgIpc) is 3.22. The maximum atomic E-state index is 14.0. The SMILES string of the molecule is CC(C)n1c(NCc2ccccc2)nc2nc(N3CCCC(N)C3)n(Cc3ccccc3)c2c1=O.